The van der Waals surface area contributed by atoms with E-state index in [1.165, 1.54) is 12.5 Å². The van der Waals surface area contributed by atoms with Gasteiger partial charge in [0.1, 0.15) is 5.75 Å². The molecule has 0 fully saturated rings. The largest absolute Gasteiger partial charge is 0.491 e. The van der Waals surface area contributed by atoms with Crippen LogP contribution >= 0.6 is 0 Å². The molecule has 0 aliphatic rings. The first-order chi connectivity index (χ1) is 10.1. The molecule has 0 saturated carbocycles. The quantitative estimate of drug-likeness (QED) is 0.632. The van der Waals surface area contributed by atoms with E-state index in [0.717, 1.165) is 18.5 Å². The van der Waals surface area contributed by atoms with Crippen molar-refractivity contribution in [3.8, 4) is 5.75 Å². The van der Waals surface area contributed by atoms with E-state index >= 15 is 0 Å². The second-order valence-electron chi connectivity index (χ2n) is 4.87. The number of para-hydroxylation sites is 2. The number of nitrogen functional groups attached to an aromatic ring is 1. The van der Waals surface area contributed by atoms with Crippen LogP contribution in [0, 0.1) is 0 Å². The molecule has 0 bridgehead atoms. The minimum atomic E-state index is -0.106. The Labute approximate surface area is 124 Å². The molecule has 3 N–H and O–H groups in total. The number of ether oxygens (including phenoxy) is 1. The fraction of sp³-hybridized carbons (Fsp3) is 0.235. The van der Waals surface area contributed by atoms with Gasteiger partial charge in [0, 0.05) is 12.6 Å². The van der Waals surface area contributed by atoms with Gasteiger partial charge < -0.3 is 15.8 Å². The Hall–Kier alpha value is -2.49. The molecule has 21 heavy (non-hydrogen) atoms. The molecule has 2 rings (SSSR count). The van der Waals surface area contributed by atoms with Crippen LogP contribution in [0.15, 0.2) is 48.5 Å². The van der Waals surface area contributed by atoms with E-state index in [1.807, 2.05) is 42.5 Å². The molecule has 2 aromatic carbocycles. The van der Waals surface area contributed by atoms with E-state index in [4.69, 9.17) is 10.5 Å². The van der Waals surface area contributed by atoms with Gasteiger partial charge in [-0.3, -0.25) is 4.79 Å². The topological polar surface area (TPSA) is 64.3 Å². The molecule has 0 aromatic heterocycles. The van der Waals surface area contributed by atoms with Crippen LogP contribution in [0.1, 0.15) is 18.9 Å². The summed E-state index contributed by atoms with van der Waals surface area (Å²) in [5.74, 6) is 0.589. The van der Waals surface area contributed by atoms with Gasteiger partial charge in [0.25, 0.3) is 0 Å². The standard InChI is InChI=1S/C17H20N2O2/c1-13(20)19-16-9-2-3-10-17(16)21-11-5-7-14-6-4-8-15(18)12-14/h2-4,6,8-10,12H,5,7,11,18H2,1H3,(H,19,20). The van der Waals surface area contributed by atoms with E-state index in [2.05, 4.69) is 11.4 Å². The third kappa shape index (κ3) is 4.84. The Morgan fingerprint density at radius 2 is 2.00 bits per heavy atom. The van der Waals surface area contributed by atoms with Crippen molar-refractivity contribution in [1.82, 2.24) is 0 Å². The minimum absolute atomic E-state index is 0.106. The Bertz CT molecular complexity index is 611. The Morgan fingerprint density at radius 3 is 2.76 bits per heavy atom. The van der Waals surface area contributed by atoms with Crippen molar-refractivity contribution in [2.75, 3.05) is 17.7 Å². The van der Waals surface area contributed by atoms with Crippen molar-refractivity contribution in [3.63, 3.8) is 0 Å². The first-order valence-electron chi connectivity index (χ1n) is 6.99. The predicted octanol–water partition coefficient (Wildman–Crippen LogP) is 3.24. The van der Waals surface area contributed by atoms with Gasteiger partial charge in [-0.25, -0.2) is 0 Å². The first kappa shape index (κ1) is 14.9. The van der Waals surface area contributed by atoms with Crippen LogP contribution in [0.3, 0.4) is 0 Å². The van der Waals surface area contributed by atoms with Gasteiger partial charge in [-0.1, -0.05) is 24.3 Å². The molecule has 0 saturated heterocycles. The van der Waals surface area contributed by atoms with Gasteiger partial charge in [-0.2, -0.15) is 0 Å². The lowest BCUT2D eigenvalue weighted by Gasteiger charge is -2.11. The van der Waals surface area contributed by atoms with Crippen molar-refractivity contribution in [2.24, 2.45) is 0 Å². The fourth-order valence-corrected chi connectivity index (χ4v) is 2.09. The maximum atomic E-state index is 11.1. The van der Waals surface area contributed by atoms with Gasteiger partial charge in [0.2, 0.25) is 5.91 Å². The van der Waals surface area contributed by atoms with Crippen LogP contribution in [0.25, 0.3) is 0 Å². The molecular weight excluding hydrogens is 264 g/mol. The van der Waals surface area contributed by atoms with Crippen molar-refractivity contribution in [3.05, 3.63) is 54.1 Å². The van der Waals surface area contributed by atoms with Crippen molar-refractivity contribution in [2.45, 2.75) is 19.8 Å². The Morgan fingerprint density at radius 1 is 1.19 bits per heavy atom. The van der Waals surface area contributed by atoms with Crippen LogP contribution in [-0.4, -0.2) is 12.5 Å². The summed E-state index contributed by atoms with van der Waals surface area (Å²) in [6.45, 7) is 2.07. The maximum Gasteiger partial charge on any atom is 0.221 e. The number of hydrogen-bond donors (Lipinski definition) is 2. The summed E-state index contributed by atoms with van der Waals surface area (Å²) in [7, 11) is 0. The van der Waals surface area contributed by atoms with E-state index in [0.29, 0.717) is 18.0 Å². The average molecular weight is 284 g/mol. The molecule has 2 aromatic rings. The molecule has 1 amide bonds. The number of amides is 1. The third-order valence-electron chi connectivity index (χ3n) is 3.02. The normalized spacial score (nSPS) is 10.1. The molecular formula is C17H20N2O2. The van der Waals surface area contributed by atoms with Crippen molar-refractivity contribution >= 4 is 17.3 Å². The lowest BCUT2D eigenvalue weighted by atomic mass is 10.1. The number of nitrogens with two attached hydrogens (primary N) is 1. The summed E-state index contributed by atoms with van der Waals surface area (Å²) in [6.07, 6.45) is 1.80. The van der Waals surface area contributed by atoms with Crippen LogP contribution in [0.4, 0.5) is 11.4 Å². The van der Waals surface area contributed by atoms with Gasteiger partial charge in [0.05, 0.1) is 12.3 Å². The number of rotatable bonds is 6. The summed E-state index contributed by atoms with van der Waals surface area (Å²) in [5, 5.41) is 2.76. The summed E-state index contributed by atoms with van der Waals surface area (Å²) >= 11 is 0. The zero-order chi connectivity index (χ0) is 15.1. The van der Waals surface area contributed by atoms with E-state index in [1.54, 1.807) is 0 Å². The van der Waals surface area contributed by atoms with Crippen LogP contribution in [0.5, 0.6) is 5.75 Å². The van der Waals surface area contributed by atoms with Crippen LogP contribution < -0.4 is 15.8 Å². The number of aryl methyl sites for hydroxylation is 1. The summed E-state index contributed by atoms with van der Waals surface area (Å²) in [5.41, 5.74) is 8.44. The highest BCUT2D eigenvalue weighted by Gasteiger charge is 2.04. The molecule has 4 nitrogen and oxygen atoms in total. The first-order valence-corrected chi connectivity index (χ1v) is 6.99. The number of benzene rings is 2. The summed E-state index contributed by atoms with van der Waals surface area (Å²) in [6, 6.07) is 15.3. The molecule has 0 atom stereocenters. The fourth-order valence-electron chi connectivity index (χ4n) is 2.09. The van der Waals surface area contributed by atoms with Crippen molar-refractivity contribution < 1.29 is 9.53 Å². The smallest absolute Gasteiger partial charge is 0.221 e. The summed E-state index contributed by atoms with van der Waals surface area (Å²) < 4.78 is 5.74. The number of anilines is 2. The highest BCUT2D eigenvalue weighted by Crippen LogP contribution is 2.23. The zero-order valence-electron chi connectivity index (χ0n) is 12.1. The molecule has 0 spiro atoms. The van der Waals surface area contributed by atoms with Gasteiger partial charge in [-0.05, 0) is 42.7 Å². The monoisotopic (exact) mass is 284 g/mol. The van der Waals surface area contributed by atoms with E-state index in [-0.39, 0.29) is 5.91 Å². The van der Waals surface area contributed by atoms with Gasteiger partial charge in [-0.15, -0.1) is 0 Å². The second kappa shape index (κ2) is 7.33. The molecule has 110 valence electrons. The lowest BCUT2D eigenvalue weighted by molar-refractivity contribution is -0.114. The Kier molecular flexibility index (Phi) is 5.21. The molecule has 0 aliphatic carbocycles. The molecule has 0 unspecified atom stereocenters. The van der Waals surface area contributed by atoms with Gasteiger partial charge >= 0.3 is 0 Å². The highest BCUT2D eigenvalue weighted by atomic mass is 16.5. The zero-order valence-corrected chi connectivity index (χ0v) is 12.1. The van der Waals surface area contributed by atoms with E-state index < -0.39 is 0 Å². The number of carbonyl (C=O) groups excluding carboxylic acids is 1. The lowest BCUT2D eigenvalue weighted by Crippen LogP contribution is -2.08. The number of carbonyl (C=O) groups is 1. The molecule has 4 heteroatoms. The summed E-state index contributed by atoms with van der Waals surface area (Å²) in [4.78, 5) is 11.1. The number of nitrogens with one attached hydrogen (secondary N) is 1. The number of hydrogen-bond acceptors (Lipinski definition) is 3. The van der Waals surface area contributed by atoms with Crippen LogP contribution in [-0.2, 0) is 11.2 Å². The van der Waals surface area contributed by atoms with Crippen LogP contribution in [0.2, 0.25) is 0 Å². The molecule has 0 heterocycles. The second-order valence-corrected chi connectivity index (χ2v) is 4.87. The van der Waals surface area contributed by atoms with Crippen molar-refractivity contribution in [1.29, 1.82) is 0 Å². The SMILES string of the molecule is CC(=O)Nc1ccccc1OCCCc1cccc(N)c1. The minimum Gasteiger partial charge on any atom is -0.491 e. The maximum absolute atomic E-state index is 11.1. The third-order valence-corrected chi connectivity index (χ3v) is 3.02. The van der Waals surface area contributed by atoms with E-state index in [9.17, 15) is 4.79 Å². The predicted molar refractivity (Wildman–Crippen MR) is 85.4 cm³/mol. The van der Waals surface area contributed by atoms with Gasteiger partial charge in [0.15, 0.2) is 0 Å². The molecule has 0 aliphatic heterocycles. The highest BCUT2D eigenvalue weighted by molar-refractivity contribution is 5.90. The molecule has 0 radical (unpaired) electrons. The average Bonchev–Trinajstić information content (AvgIpc) is 2.45. The Balaban J connectivity index is 1.85.